The Morgan fingerprint density at radius 3 is 2.42 bits per heavy atom. The number of hydrogen-bond acceptors (Lipinski definition) is 6. The minimum atomic E-state index is -0.974. The number of nitrogens with two attached hydrogens (primary N) is 1. The third-order valence-corrected chi connectivity index (χ3v) is 5.67. The number of amides is 4. The normalized spacial score (nSPS) is 18.8. The summed E-state index contributed by atoms with van der Waals surface area (Å²) < 4.78 is 0. The molecule has 2 aromatic carbocycles. The van der Waals surface area contributed by atoms with Crippen molar-refractivity contribution in [2.24, 2.45) is 5.73 Å². The number of hydrogen-bond donors (Lipinski definition) is 3. The lowest BCUT2D eigenvalue weighted by atomic mass is 9.95. The molecule has 4 amide bonds. The number of carbonyl (C=O) groups is 4. The monoisotopic (exact) mass is 420 g/mol. The van der Waals surface area contributed by atoms with E-state index < -0.39 is 35.2 Å². The number of benzene rings is 2. The van der Waals surface area contributed by atoms with Crippen molar-refractivity contribution in [3.63, 3.8) is 0 Å². The quantitative estimate of drug-likeness (QED) is 0.635. The average molecular weight is 420 g/mol. The Balaban J connectivity index is 1.55. The summed E-state index contributed by atoms with van der Waals surface area (Å²) in [6.45, 7) is 4.19. The molecule has 2 aliphatic heterocycles. The van der Waals surface area contributed by atoms with Gasteiger partial charge < -0.3 is 11.1 Å². The number of imide groups is 2. The highest BCUT2D eigenvalue weighted by molar-refractivity contribution is 6.24. The van der Waals surface area contributed by atoms with E-state index in [9.17, 15) is 19.2 Å². The molecule has 4 rings (SSSR count). The number of rotatable bonds is 5. The van der Waals surface area contributed by atoms with Crippen LogP contribution in [0.2, 0.25) is 0 Å². The van der Waals surface area contributed by atoms with Gasteiger partial charge in [0.15, 0.2) is 0 Å². The molecule has 0 radical (unpaired) electrons. The van der Waals surface area contributed by atoms with E-state index in [0.29, 0.717) is 17.7 Å². The van der Waals surface area contributed by atoms with Gasteiger partial charge in [-0.25, -0.2) is 0 Å². The molecule has 1 unspecified atom stereocenters. The SMILES string of the molecule is CC(C)(N)c1ccc(NCc2cccc3c2C(=O)N(C2CCC(=O)NC2=O)C3=O)cc1. The Labute approximate surface area is 179 Å². The first-order valence-electron chi connectivity index (χ1n) is 10.1. The maximum atomic E-state index is 13.1. The molecule has 31 heavy (non-hydrogen) atoms. The van der Waals surface area contributed by atoms with Crippen molar-refractivity contribution >= 4 is 29.3 Å². The molecule has 0 bridgehead atoms. The van der Waals surface area contributed by atoms with Gasteiger partial charge in [0.05, 0.1) is 11.1 Å². The second-order valence-corrected chi connectivity index (χ2v) is 8.44. The van der Waals surface area contributed by atoms with E-state index in [1.165, 1.54) is 0 Å². The van der Waals surface area contributed by atoms with E-state index in [4.69, 9.17) is 5.73 Å². The van der Waals surface area contributed by atoms with E-state index >= 15 is 0 Å². The lowest BCUT2D eigenvalue weighted by molar-refractivity contribution is -0.136. The van der Waals surface area contributed by atoms with Crippen LogP contribution in [-0.2, 0) is 21.7 Å². The van der Waals surface area contributed by atoms with Crippen molar-refractivity contribution < 1.29 is 19.2 Å². The molecule has 2 aromatic rings. The van der Waals surface area contributed by atoms with Gasteiger partial charge in [-0.3, -0.25) is 29.4 Å². The standard InChI is InChI=1S/C23H24N4O4/c1-23(2,24)14-6-8-15(9-7-14)25-12-13-4-3-5-16-19(13)22(31)27(21(16)30)17-10-11-18(28)26-20(17)29/h3-9,17,25H,10-12,24H2,1-2H3,(H,26,28,29). The van der Waals surface area contributed by atoms with E-state index in [1.54, 1.807) is 18.2 Å². The van der Waals surface area contributed by atoms with Gasteiger partial charge in [0.2, 0.25) is 11.8 Å². The molecule has 0 saturated carbocycles. The zero-order chi connectivity index (χ0) is 22.3. The zero-order valence-electron chi connectivity index (χ0n) is 17.4. The van der Waals surface area contributed by atoms with Gasteiger partial charge in [0.1, 0.15) is 6.04 Å². The van der Waals surface area contributed by atoms with Crippen LogP contribution in [0.25, 0.3) is 0 Å². The van der Waals surface area contributed by atoms with Crippen molar-refractivity contribution in [2.75, 3.05) is 5.32 Å². The molecule has 0 spiro atoms. The molecule has 2 aliphatic rings. The van der Waals surface area contributed by atoms with Gasteiger partial charge in [0.25, 0.3) is 11.8 Å². The highest BCUT2D eigenvalue weighted by Crippen LogP contribution is 2.30. The van der Waals surface area contributed by atoms with Gasteiger partial charge >= 0.3 is 0 Å². The number of anilines is 1. The number of nitrogens with one attached hydrogen (secondary N) is 2. The minimum Gasteiger partial charge on any atom is -0.381 e. The smallest absolute Gasteiger partial charge is 0.262 e. The van der Waals surface area contributed by atoms with Crippen molar-refractivity contribution in [1.82, 2.24) is 10.2 Å². The van der Waals surface area contributed by atoms with Crippen molar-refractivity contribution in [1.29, 1.82) is 0 Å². The van der Waals surface area contributed by atoms with Crippen LogP contribution >= 0.6 is 0 Å². The first-order valence-corrected chi connectivity index (χ1v) is 10.1. The molecule has 2 heterocycles. The largest absolute Gasteiger partial charge is 0.381 e. The Kier molecular flexibility index (Phi) is 5.10. The number of piperidine rings is 1. The molecule has 1 saturated heterocycles. The fraction of sp³-hybridized carbons (Fsp3) is 0.304. The summed E-state index contributed by atoms with van der Waals surface area (Å²) in [5.41, 5.74) is 8.75. The Hall–Kier alpha value is -3.52. The van der Waals surface area contributed by atoms with Crippen LogP contribution in [0.15, 0.2) is 42.5 Å². The number of carbonyl (C=O) groups excluding carboxylic acids is 4. The summed E-state index contributed by atoms with van der Waals surface area (Å²) in [5.74, 6) is -2.03. The minimum absolute atomic E-state index is 0.0911. The van der Waals surface area contributed by atoms with E-state index in [-0.39, 0.29) is 18.4 Å². The highest BCUT2D eigenvalue weighted by Gasteiger charge is 2.45. The van der Waals surface area contributed by atoms with Gasteiger partial charge in [0, 0.05) is 24.2 Å². The van der Waals surface area contributed by atoms with Crippen molar-refractivity contribution in [3.05, 3.63) is 64.7 Å². The molecule has 4 N–H and O–H groups in total. The lowest BCUT2D eigenvalue weighted by Gasteiger charge is -2.27. The van der Waals surface area contributed by atoms with Gasteiger partial charge in [-0.15, -0.1) is 0 Å². The lowest BCUT2D eigenvalue weighted by Crippen LogP contribution is -2.54. The summed E-state index contributed by atoms with van der Waals surface area (Å²) in [5, 5.41) is 5.47. The molecular formula is C23H24N4O4. The van der Waals surface area contributed by atoms with Crippen molar-refractivity contribution in [2.45, 2.75) is 44.8 Å². The maximum Gasteiger partial charge on any atom is 0.262 e. The topological polar surface area (TPSA) is 122 Å². The highest BCUT2D eigenvalue weighted by atomic mass is 16.2. The Morgan fingerprint density at radius 2 is 1.77 bits per heavy atom. The summed E-state index contributed by atoms with van der Waals surface area (Å²) in [6.07, 6.45) is 0.224. The molecule has 1 atom stereocenters. The number of nitrogens with zero attached hydrogens (tertiary/aromatic N) is 1. The summed E-state index contributed by atoms with van der Waals surface area (Å²) in [4.78, 5) is 50.7. The fourth-order valence-corrected chi connectivity index (χ4v) is 3.95. The van der Waals surface area contributed by atoms with Crippen LogP contribution < -0.4 is 16.4 Å². The number of fused-ring (bicyclic) bond motifs is 1. The molecule has 0 aromatic heterocycles. The Morgan fingerprint density at radius 1 is 1.06 bits per heavy atom. The maximum absolute atomic E-state index is 13.1. The first-order chi connectivity index (χ1) is 14.7. The Bertz CT molecular complexity index is 1090. The molecule has 160 valence electrons. The van der Waals surface area contributed by atoms with Crippen LogP contribution in [0.3, 0.4) is 0 Å². The van der Waals surface area contributed by atoms with Gasteiger partial charge in [-0.05, 0) is 49.6 Å². The van der Waals surface area contributed by atoms with Crippen LogP contribution in [0, 0.1) is 0 Å². The predicted molar refractivity (Wildman–Crippen MR) is 114 cm³/mol. The molecule has 8 heteroatoms. The van der Waals surface area contributed by atoms with E-state index in [2.05, 4.69) is 10.6 Å². The van der Waals surface area contributed by atoms with Crippen LogP contribution in [0.1, 0.15) is 58.5 Å². The summed E-state index contributed by atoms with van der Waals surface area (Å²) in [7, 11) is 0. The second kappa shape index (κ2) is 7.63. The molecule has 1 fully saturated rings. The second-order valence-electron chi connectivity index (χ2n) is 8.44. The van der Waals surface area contributed by atoms with Gasteiger partial charge in [-0.2, -0.15) is 0 Å². The van der Waals surface area contributed by atoms with E-state index in [0.717, 1.165) is 16.2 Å². The van der Waals surface area contributed by atoms with Crippen LogP contribution in [0.5, 0.6) is 0 Å². The third-order valence-electron chi connectivity index (χ3n) is 5.67. The third kappa shape index (κ3) is 3.82. The molecule has 0 aliphatic carbocycles. The van der Waals surface area contributed by atoms with E-state index in [1.807, 2.05) is 38.1 Å². The van der Waals surface area contributed by atoms with Crippen molar-refractivity contribution in [3.8, 4) is 0 Å². The average Bonchev–Trinajstić information content (AvgIpc) is 2.97. The van der Waals surface area contributed by atoms with Crippen LogP contribution in [0.4, 0.5) is 5.69 Å². The summed E-state index contributed by atoms with van der Waals surface area (Å²) >= 11 is 0. The predicted octanol–water partition coefficient (Wildman–Crippen LogP) is 1.89. The van der Waals surface area contributed by atoms with Gasteiger partial charge in [-0.1, -0.05) is 24.3 Å². The zero-order valence-corrected chi connectivity index (χ0v) is 17.4. The first kappa shape index (κ1) is 20.7. The fourth-order valence-electron chi connectivity index (χ4n) is 3.95. The van der Waals surface area contributed by atoms with Crippen LogP contribution in [-0.4, -0.2) is 34.6 Å². The molecule has 8 nitrogen and oxygen atoms in total. The summed E-state index contributed by atoms with van der Waals surface area (Å²) in [6, 6.07) is 11.8. The molecular weight excluding hydrogens is 396 g/mol.